The average molecular weight is 313 g/mol. The minimum absolute atomic E-state index is 0.389. The molecule has 122 valence electrons. The van der Waals surface area contributed by atoms with Gasteiger partial charge in [0.15, 0.2) is 0 Å². The van der Waals surface area contributed by atoms with Crippen LogP contribution in [0.2, 0.25) is 0 Å². The van der Waals surface area contributed by atoms with Crippen molar-refractivity contribution in [3.8, 4) is 0 Å². The lowest BCUT2D eigenvalue weighted by atomic mass is 10.0. The number of nitrogens with one attached hydrogen (secondary N) is 1. The van der Waals surface area contributed by atoms with Crippen LogP contribution in [-0.4, -0.2) is 34.3 Å². The van der Waals surface area contributed by atoms with Crippen LogP contribution in [0.3, 0.4) is 0 Å². The SMILES string of the molecule is CC1C=C(c2cc3cccnc3n2C(=O)OC(C)(C)C)CNC1. The van der Waals surface area contributed by atoms with Crippen molar-refractivity contribution in [1.82, 2.24) is 14.9 Å². The number of aromatic nitrogens is 2. The van der Waals surface area contributed by atoms with Crippen molar-refractivity contribution in [3.63, 3.8) is 0 Å². The molecule has 1 atom stereocenters. The summed E-state index contributed by atoms with van der Waals surface area (Å²) in [5.41, 5.74) is 2.04. The number of hydrogen-bond acceptors (Lipinski definition) is 4. The summed E-state index contributed by atoms with van der Waals surface area (Å²) in [6, 6.07) is 5.85. The lowest BCUT2D eigenvalue weighted by Crippen LogP contribution is -2.31. The van der Waals surface area contributed by atoms with Gasteiger partial charge in [-0.2, -0.15) is 0 Å². The molecular weight excluding hydrogens is 290 g/mol. The van der Waals surface area contributed by atoms with Gasteiger partial charge >= 0.3 is 6.09 Å². The Morgan fingerprint density at radius 3 is 2.91 bits per heavy atom. The number of rotatable bonds is 1. The van der Waals surface area contributed by atoms with Gasteiger partial charge in [0.05, 0.1) is 5.69 Å². The minimum Gasteiger partial charge on any atom is -0.443 e. The summed E-state index contributed by atoms with van der Waals surface area (Å²) in [5.74, 6) is 0.428. The van der Waals surface area contributed by atoms with Gasteiger partial charge < -0.3 is 10.1 Å². The Morgan fingerprint density at radius 1 is 1.43 bits per heavy atom. The van der Waals surface area contributed by atoms with E-state index < -0.39 is 5.60 Å². The monoisotopic (exact) mass is 313 g/mol. The summed E-state index contributed by atoms with van der Waals surface area (Å²) < 4.78 is 7.17. The first-order chi connectivity index (χ1) is 10.8. The van der Waals surface area contributed by atoms with E-state index in [0.717, 1.165) is 29.7 Å². The van der Waals surface area contributed by atoms with E-state index in [-0.39, 0.29) is 6.09 Å². The molecule has 1 aliphatic rings. The van der Waals surface area contributed by atoms with E-state index in [1.807, 2.05) is 39.0 Å². The minimum atomic E-state index is -0.549. The van der Waals surface area contributed by atoms with Gasteiger partial charge in [0.1, 0.15) is 11.2 Å². The largest absolute Gasteiger partial charge is 0.443 e. The third-order valence-corrected chi connectivity index (χ3v) is 3.73. The van der Waals surface area contributed by atoms with Crippen LogP contribution in [0.4, 0.5) is 4.79 Å². The number of hydrogen-bond donors (Lipinski definition) is 1. The highest BCUT2D eigenvalue weighted by molar-refractivity contribution is 5.93. The molecule has 5 heteroatoms. The molecule has 3 heterocycles. The fourth-order valence-corrected chi connectivity index (χ4v) is 2.84. The number of carbonyl (C=O) groups excluding carboxylic acids is 1. The summed E-state index contributed by atoms with van der Waals surface area (Å²) in [7, 11) is 0. The first-order valence-corrected chi connectivity index (χ1v) is 7.97. The zero-order valence-electron chi connectivity index (χ0n) is 14.1. The topological polar surface area (TPSA) is 56.2 Å². The maximum Gasteiger partial charge on any atom is 0.420 e. The summed E-state index contributed by atoms with van der Waals surface area (Å²) >= 11 is 0. The van der Waals surface area contributed by atoms with Crippen molar-refractivity contribution in [2.75, 3.05) is 13.1 Å². The lowest BCUT2D eigenvalue weighted by Gasteiger charge is -2.23. The van der Waals surface area contributed by atoms with Gasteiger partial charge in [0.25, 0.3) is 0 Å². The van der Waals surface area contributed by atoms with Crippen molar-refractivity contribution in [2.45, 2.75) is 33.3 Å². The molecule has 3 rings (SSSR count). The molecule has 0 radical (unpaired) electrons. The predicted octanol–water partition coefficient (Wildman–Crippen LogP) is 3.44. The Bertz CT molecular complexity index is 768. The summed E-state index contributed by atoms with van der Waals surface area (Å²) in [6.45, 7) is 9.45. The zero-order chi connectivity index (χ0) is 16.6. The second kappa shape index (κ2) is 5.81. The molecule has 0 aromatic carbocycles. The van der Waals surface area contributed by atoms with Crippen LogP contribution in [0.5, 0.6) is 0 Å². The molecule has 0 saturated heterocycles. The van der Waals surface area contributed by atoms with Gasteiger partial charge in [-0.3, -0.25) is 0 Å². The molecule has 0 saturated carbocycles. The quantitative estimate of drug-likeness (QED) is 0.876. The van der Waals surface area contributed by atoms with Crippen LogP contribution in [0.1, 0.15) is 33.4 Å². The van der Waals surface area contributed by atoms with Crippen LogP contribution in [-0.2, 0) is 4.74 Å². The normalized spacial score (nSPS) is 18.8. The summed E-state index contributed by atoms with van der Waals surface area (Å²) in [5, 5.41) is 4.33. The van der Waals surface area contributed by atoms with E-state index in [9.17, 15) is 4.79 Å². The highest BCUT2D eigenvalue weighted by Crippen LogP contribution is 2.27. The van der Waals surface area contributed by atoms with E-state index in [2.05, 4.69) is 23.3 Å². The van der Waals surface area contributed by atoms with Gasteiger partial charge in [0.2, 0.25) is 0 Å². The first kappa shape index (κ1) is 15.7. The number of pyridine rings is 1. The Morgan fingerprint density at radius 2 is 2.22 bits per heavy atom. The predicted molar refractivity (Wildman–Crippen MR) is 91.4 cm³/mol. The van der Waals surface area contributed by atoms with Gasteiger partial charge in [0, 0.05) is 24.7 Å². The molecule has 0 bridgehead atoms. The second-order valence-electron chi connectivity index (χ2n) is 7.06. The van der Waals surface area contributed by atoms with Crippen LogP contribution < -0.4 is 5.32 Å². The smallest absolute Gasteiger partial charge is 0.420 e. The standard InChI is InChI=1S/C18H23N3O2/c1-12-8-14(11-19-10-12)15-9-13-6-5-7-20-16(13)21(15)17(22)23-18(2,3)4/h5-9,12,19H,10-11H2,1-4H3. The van der Waals surface area contributed by atoms with Gasteiger partial charge in [-0.1, -0.05) is 13.0 Å². The third kappa shape index (κ3) is 3.29. The molecule has 0 fully saturated rings. The summed E-state index contributed by atoms with van der Waals surface area (Å²) in [6.07, 6.45) is 3.52. The van der Waals surface area contributed by atoms with Crippen molar-refractivity contribution in [2.24, 2.45) is 5.92 Å². The maximum atomic E-state index is 12.7. The molecular formula is C18H23N3O2. The number of nitrogens with zero attached hydrogens (tertiary/aromatic N) is 2. The number of carbonyl (C=O) groups is 1. The van der Waals surface area contributed by atoms with Gasteiger partial charge in [-0.05, 0) is 50.5 Å². The lowest BCUT2D eigenvalue weighted by molar-refractivity contribution is 0.0542. The Hall–Kier alpha value is -2.14. The average Bonchev–Trinajstić information content (AvgIpc) is 2.85. The zero-order valence-corrected chi connectivity index (χ0v) is 14.1. The molecule has 1 unspecified atom stereocenters. The number of ether oxygens (including phenoxy) is 1. The molecule has 2 aromatic heterocycles. The molecule has 1 N–H and O–H groups in total. The molecule has 0 spiro atoms. The van der Waals surface area contributed by atoms with E-state index >= 15 is 0 Å². The van der Waals surface area contributed by atoms with Crippen molar-refractivity contribution >= 4 is 22.7 Å². The molecule has 0 aliphatic carbocycles. The van der Waals surface area contributed by atoms with E-state index in [4.69, 9.17) is 4.74 Å². The van der Waals surface area contributed by atoms with Crippen molar-refractivity contribution < 1.29 is 9.53 Å². The van der Waals surface area contributed by atoms with Crippen LogP contribution in [0.15, 0.2) is 30.5 Å². The van der Waals surface area contributed by atoms with Crippen molar-refractivity contribution in [1.29, 1.82) is 0 Å². The highest BCUT2D eigenvalue weighted by atomic mass is 16.6. The molecule has 2 aromatic rings. The molecule has 1 aliphatic heterocycles. The van der Waals surface area contributed by atoms with E-state index in [0.29, 0.717) is 11.6 Å². The second-order valence-corrected chi connectivity index (χ2v) is 7.06. The van der Waals surface area contributed by atoms with E-state index in [1.165, 1.54) is 0 Å². The fourth-order valence-electron chi connectivity index (χ4n) is 2.84. The molecule has 0 amide bonds. The third-order valence-electron chi connectivity index (χ3n) is 3.73. The molecule has 5 nitrogen and oxygen atoms in total. The number of fused-ring (bicyclic) bond motifs is 1. The van der Waals surface area contributed by atoms with E-state index in [1.54, 1.807) is 10.8 Å². The van der Waals surface area contributed by atoms with Crippen LogP contribution >= 0.6 is 0 Å². The Balaban J connectivity index is 2.14. The van der Waals surface area contributed by atoms with Gasteiger partial charge in [-0.15, -0.1) is 0 Å². The Kier molecular flexibility index (Phi) is 3.98. The van der Waals surface area contributed by atoms with Gasteiger partial charge in [-0.25, -0.2) is 14.3 Å². The fraction of sp³-hybridized carbons (Fsp3) is 0.444. The maximum absolute atomic E-state index is 12.7. The Labute approximate surface area is 136 Å². The van der Waals surface area contributed by atoms with Crippen LogP contribution in [0, 0.1) is 5.92 Å². The highest BCUT2D eigenvalue weighted by Gasteiger charge is 2.25. The molecule has 23 heavy (non-hydrogen) atoms. The summed E-state index contributed by atoms with van der Waals surface area (Å²) in [4.78, 5) is 17.1. The first-order valence-electron chi connectivity index (χ1n) is 7.97. The van der Waals surface area contributed by atoms with Crippen LogP contribution in [0.25, 0.3) is 16.6 Å². The van der Waals surface area contributed by atoms with Crippen molar-refractivity contribution in [3.05, 3.63) is 36.2 Å².